The summed E-state index contributed by atoms with van der Waals surface area (Å²) < 4.78 is 1.57. The SMILES string of the molecule is Cc1cnccc1NC(=O)c1cccn(CC(C)C)c1=O. The maximum Gasteiger partial charge on any atom is 0.263 e. The maximum absolute atomic E-state index is 12.3. The van der Waals surface area contributed by atoms with Gasteiger partial charge in [0.25, 0.3) is 11.5 Å². The summed E-state index contributed by atoms with van der Waals surface area (Å²) in [5.41, 5.74) is 1.39. The third-order valence-corrected chi connectivity index (χ3v) is 3.10. The van der Waals surface area contributed by atoms with E-state index < -0.39 is 5.91 Å². The molecule has 0 fully saturated rings. The van der Waals surface area contributed by atoms with Gasteiger partial charge in [-0.05, 0) is 36.6 Å². The third-order valence-electron chi connectivity index (χ3n) is 3.10. The van der Waals surface area contributed by atoms with E-state index in [0.29, 0.717) is 18.2 Å². The molecule has 0 saturated carbocycles. The summed E-state index contributed by atoms with van der Waals surface area (Å²) in [4.78, 5) is 28.6. The largest absolute Gasteiger partial charge is 0.321 e. The number of aromatic nitrogens is 2. The summed E-state index contributed by atoms with van der Waals surface area (Å²) in [5.74, 6) is -0.0594. The lowest BCUT2D eigenvalue weighted by Crippen LogP contribution is -2.29. The minimum atomic E-state index is -0.396. The van der Waals surface area contributed by atoms with E-state index in [1.54, 1.807) is 41.4 Å². The smallest absolute Gasteiger partial charge is 0.263 e. The molecule has 0 radical (unpaired) electrons. The van der Waals surface area contributed by atoms with E-state index in [-0.39, 0.29) is 11.1 Å². The van der Waals surface area contributed by atoms with Crippen molar-refractivity contribution in [3.8, 4) is 0 Å². The minimum Gasteiger partial charge on any atom is -0.321 e. The zero-order chi connectivity index (χ0) is 15.4. The van der Waals surface area contributed by atoms with Crippen LogP contribution < -0.4 is 10.9 Å². The second-order valence-electron chi connectivity index (χ2n) is 5.42. The van der Waals surface area contributed by atoms with Crippen molar-refractivity contribution in [2.24, 2.45) is 5.92 Å². The molecule has 1 amide bonds. The predicted octanol–water partition coefficient (Wildman–Crippen LogP) is 2.46. The monoisotopic (exact) mass is 285 g/mol. The molecular formula is C16H19N3O2. The van der Waals surface area contributed by atoms with Gasteiger partial charge in [0.05, 0.1) is 0 Å². The molecule has 0 aliphatic carbocycles. The van der Waals surface area contributed by atoms with E-state index in [0.717, 1.165) is 5.56 Å². The minimum absolute atomic E-state index is 0.148. The quantitative estimate of drug-likeness (QED) is 0.938. The van der Waals surface area contributed by atoms with Crippen LogP contribution in [0.1, 0.15) is 29.8 Å². The molecule has 110 valence electrons. The first-order valence-electron chi connectivity index (χ1n) is 6.90. The Morgan fingerprint density at radius 2 is 2.14 bits per heavy atom. The summed E-state index contributed by atoms with van der Waals surface area (Å²) in [6.07, 6.45) is 4.97. The highest BCUT2D eigenvalue weighted by atomic mass is 16.2. The highest BCUT2D eigenvalue weighted by Gasteiger charge is 2.13. The molecule has 2 aromatic heterocycles. The van der Waals surface area contributed by atoms with Crippen molar-refractivity contribution in [2.45, 2.75) is 27.3 Å². The zero-order valence-corrected chi connectivity index (χ0v) is 12.5. The Morgan fingerprint density at radius 3 is 2.81 bits per heavy atom. The molecule has 5 nitrogen and oxygen atoms in total. The fraction of sp³-hybridized carbons (Fsp3) is 0.312. The number of anilines is 1. The Morgan fingerprint density at radius 1 is 1.38 bits per heavy atom. The van der Waals surface area contributed by atoms with Crippen LogP contribution in [-0.4, -0.2) is 15.5 Å². The topological polar surface area (TPSA) is 64.0 Å². The second-order valence-corrected chi connectivity index (χ2v) is 5.42. The van der Waals surface area contributed by atoms with Crippen molar-refractivity contribution in [2.75, 3.05) is 5.32 Å². The molecule has 2 aromatic rings. The van der Waals surface area contributed by atoms with Gasteiger partial charge in [-0.25, -0.2) is 0 Å². The molecule has 0 aliphatic heterocycles. The molecule has 0 aromatic carbocycles. The van der Waals surface area contributed by atoms with Crippen molar-refractivity contribution in [3.63, 3.8) is 0 Å². The van der Waals surface area contributed by atoms with Crippen molar-refractivity contribution >= 4 is 11.6 Å². The number of carbonyl (C=O) groups is 1. The first kappa shape index (κ1) is 15.0. The summed E-state index contributed by atoms with van der Waals surface area (Å²) in [5, 5.41) is 2.76. The molecule has 2 rings (SSSR count). The van der Waals surface area contributed by atoms with Gasteiger partial charge >= 0.3 is 0 Å². The van der Waals surface area contributed by atoms with E-state index in [2.05, 4.69) is 10.3 Å². The number of amides is 1. The van der Waals surface area contributed by atoms with Crippen LogP contribution >= 0.6 is 0 Å². The lowest BCUT2D eigenvalue weighted by atomic mass is 10.2. The Bertz CT molecular complexity index is 705. The number of nitrogens with one attached hydrogen (secondary N) is 1. The van der Waals surface area contributed by atoms with Crippen LogP contribution in [0.5, 0.6) is 0 Å². The molecule has 5 heteroatoms. The molecule has 0 aliphatic rings. The fourth-order valence-corrected chi connectivity index (χ4v) is 2.05. The number of hydrogen-bond acceptors (Lipinski definition) is 3. The highest BCUT2D eigenvalue weighted by Crippen LogP contribution is 2.12. The molecule has 1 N–H and O–H groups in total. The molecule has 2 heterocycles. The van der Waals surface area contributed by atoms with E-state index >= 15 is 0 Å². The molecule has 0 bridgehead atoms. The first-order chi connectivity index (χ1) is 9.99. The molecule has 0 spiro atoms. The average molecular weight is 285 g/mol. The molecule has 0 unspecified atom stereocenters. The van der Waals surface area contributed by atoms with Crippen molar-refractivity contribution in [1.82, 2.24) is 9.55 Å². The number of aryl methyl sites for hydroxylation is 1. The summed E-state index contributed by atoms with van der Waals surface area (Å²) >= 11 is 0. The van der Waals surface area contributed by atoms with Crippen LogP contribution in [0.2, 0.25) is 0 Å². The summed E-state index contributed by atoms with van der Waals surface area (Å²) in [6.45, 7) is 6.50. The van der Waals surface area contributed by atoms with Crippen LogP contribution in [0.3, 0.4) is 0 Å². The van der Waals surface area contributed by atoms with Gasteiger partial charge in [0.1, 0.15) is 5.56 Å². The third kappa shape index (κ3) is 3.56. The number of nitrogens with zero attached hydrogens (tertiary/aromatic N) is 2. The van der Waals surface area contributed by atoms with Gasteiger partial charge in [-0.15, -0.1) is 0 Å². The molecular weight excluding hydrogens is 266 g/mol. The number of rotatable bonds is 4. The van der Waals surface area contributed by atoms with E-state index in [1.165, 1.54) is 0 Å². The standard InChI is InChI=1S/C16H19N3O2/c1-11(2)10-19-8-4-5-13(16(19)21)15(20)18-14-6-7-17-9-12(14)3/h4-9,11H,10H2,1-3H3,(H,17,18,20). The van der Waals surface area contributed by atoms with Gasteiger partial charge in [0.15, 0.2) is 0 Å². The molecule has 21 heavy (non-hydrogen) atoms. The van der Waals surface area contributed by atoms with Gasteiger partial charge < -0.3 is 9.88 Å². The van der Waals surface area contributed by atoms with Crippen LogP contribution in [0.25, 0.3) is 0 Å². The van der Waals surface area contributed by atoms with Crippen LogP contribution in [-0.2, 0) is 6.54 Å². The molecule has 0 saturated heterocycles. The maximum atomic E-state index is 12.3. The van der Waals surface area contributed by atoms with Crippen molar-refractivity contribution < 1.29 is 4.79 Å². The number of hydrogen-bond donors (Lipinski definition) is 1. The summed E-state index contributed by atoms with van der Waals surface area (Å²) in [6, 6.07) is 4.98. The normalized spacial score (nSPS) is 10.7. The number of pyridine rings is 2. The number of carbonyl (C=O) groups excluding carboxylic acids is 1. The fourth-order valence-electron chi connectivity index (χ4n) is 2.05. The van der Waals surface area contributed by atoms with Gasteiger partial charge in [-0.1, -0.05) is 13.8 Å². The van der Waals surface area contributed by atoms with Crippen LogP contribution in [0, 0.1) is 12.8 Å². The lowest BCUT2D eigenvalue weighted by molar-refractivity contribution is 0.102. The Kier molecular flexibility index (Phi) is 4.52. The van der Waals surface area contributed by atoms with Crippen molar-refractivity contribution in [3.05, 3.63) is 58.3 Å². The average Bonchev–Trinajstić information content (AvgIpc) is 2.43. The summed E-state index contributed by atoms with van der Waals surface area (Å²) in [7, 11) is 0. The molecule has 0 atom stereocenters. The Labute approximate surface area is 123 Å². The highest BCUT2D eigenvalue weighted by molar-refractivity contribution is 6.04. The van der Waals surface area contributed by atoms with E-state index in [1.807, 2.05) is 20.8 Å². The van der Waals surface area contributed by atoms with Crippen LogP contribution in [0.15, 0.2) is 41.6 Å². The Balaban J connectivity index is 2.28. The van der Waals surface area contributed by atoms with Gasteiger partial charge in [-0.3, -0.25) is 14.6 Å². The van der Waals surface area contributed by atoms with Gasteiger partial charge in [0, 0.05) is 30.8 Å². The van der Waals surface area contributed by atoms with Crippen LogP contribution in [0.4, 0.5) is 5.69 Å². The lowest BCUT2D eigenvalue weighted by Gasteiger charge is -2.11. The Hall–Kier alpha value is -2.43. The van der Waals surface area contributed by atoms with Crippen molar-refractivity contribution in [1.29, 1.82) is 0 Å². The second kappa shape index (κ2) is 6.35. The first-order valence-corrected chi connectivity index (χ1v) is 6.90. The van der Waals surface area contributed by atoms with E-state index in [4.69, 9.17) is 0 Å². The van der Waals surface area contributed by atoms with Gasteiger partial charge in [-0.2, -0.15) is 0 Å². The van der Waals surface area contributed by atoms with E-state index in [9.17, 15) is 9.59 Å². The zero-order valence-electron chi connectivity index (χ0n) is 12.5. The predicted molar refractivity (Wildman–Crippen MR) is 82.5 cm³/mol. The van der Waals surface area contributed by atoms with Gasteiger partial charge in [0.2, 0.25) is 0 Å².